The van der Waals surface area contributed by atoms with Gasteiger partial charge in [0.05, 0.1) is 0 Å². The van der Waals surface area contributed by atoms with E-state index in [4.69, 9.17) is 4.74 Å². The van der Waals surface area contributed by atoms with Crippen molar-refractivity contribution in [1.82, 2.24) is 4.90 Å². The van der Waals surface area contributed by atoms with Crippen LogP contribution in [-0.4, -0.2) is 49.9 Å². The molecule has 23 heavy (non-hydrogen) atoms. The zero-order chi connectivity index (χ0) is 16.3. The number of amides is 1. The summed E-state index contributed by atoms with van der Waals surface area (Å²) in [5.74, 6) is -0.0570. The molecule has 0 spiro atoms. The minimum absolute atomic E-state index is 0.135. The zero-order valence-electron chi connectivity index (χ0n) is 13.5. The molecule has 3 rings (SSSR count). The Morgan fingerprint density at radius 2 is 2.13 bits per heavy atom. The van der Waals surface area contributed by atoms with E-state index in [0.717, 1.165) is 31.0 Å². The average molecular weight is 380 g/mol. The molecule has 2 aliphatic rings. The van der Waals surface area contributed by atoms with E-state index >= 15 is 0 Å². The van der Waals surface area contributed by atoms with E-state index in [1.54, 1.807) is 0 Å². The van der Waals surface area contributed by atoms with E-state index in [1.807, 2.05) is 17.9 Å². The van der Waals surface area contributed by atoms with Gasteiger partial charge in [-0.05, 0) is 0 Å². The van der Waals surface area contributed by atoms with Crippen LogP contribution < -0.4 is 4.46 Å². The molecule has 2 atom stereocenters. The second-order valence-corrected chi connectivity index (χ2v) is 8.48. The first-order valence-electron chi connectivity index (χ1n) is 8.34. The molecular weight excluding hydrogens is 357 g/mol. The maximum absolute atomic E-state index is 12.6. The van der Waals surface area contributed by atoms with Gasteiger partial charge in [-0.15, -0.1) is 0 Å². The monoisotopic (exact) mass is 381 g/mol. The predicted octanol–water partition coefficient (Wildman–Crippen LogP) is 1.91. The molecule has 2 heterocycles. The Labute approximate surface area is 143 Å². The number of esters is 1. The third-order valence-corrected chi connectivity index (χ3v) is 7.24. The molecule has 2 fully saturated rings. The number of rotatable bonds is 5. The zero-order valence-corrected chi connectivity index (χ0v) is 15.2. The van der Waals surface area contributed by atoms with Gasteiger partial charge < -0.3 is 0 Å². The van der Waals surface area contributed by atoms with Crippen LogP contribution in [-0.2, 0) is 14.3 Å². The summed E-state index contributed by atoms with van der Waals surface area (Å²) in [6.07, 6.45) is 3.79. The van der Waals surface area contributed by atoms with E-state index in [2.05, 4.69) is 24.3 Å². The number of carbonyl (C=O) groups excluding carboxylic acids is 2. The first kappa shape index (κ1) is 16.5. The summed E-state index contributed by atoms with van der Waals surface area (Å²) in [5, 5.41) is 0.976. The molecule has 124 valence electrons. The van der Waals surface area contributed by atoms with Crippen molar-refractivity contribution in [2.75, 3.05) is 6.61 Å². The van der Waals surface area contributed by atoms with Gasteiger partial charge in [-0.2, -0.15) is 0 Å². The quantitative estimate of drug-likeness (QED) is 0.579. The summed E-state index contributed by atoms with van der Waals surface area (Å²) in [4.78, 5) is 27.0. The summed E-state index contributed by atoms with van der Waals surface area (Å²) in [7, 11) is 0. The first-order chi connectivity index (χ1) is 11.2. The van der Waals surface area contributed by atoms with Crippen LogP contribution in [0.3, 0.4) is 0 Å². The van der Waals surface area contributed by atoms with E-state index in [9.17, 15) is 9.59 Å². The van der Waals surface area contributed by atoms with Crippen LogP contribution in [0.5, 0.6) is 0 Å². The SMILES string of the molecule is CCOC(=O)[C@@]12CCCC(=O)N1[C@@H](C[Se]c1ccccc1)CC2. The molecule has 0 aliphatic carbocycles. The number of benzene rings is 1. The third kappa shape index (κ3) is 3.17. The molecule has 0 saturated carbocycles. The van der Waals surface area contributed by atoms with Crippen LogP contribution in [0.2, 0.25) is 5.32 Å². The summed E-state index contributed by atoms with van der Waals surface area (Å²) >= 11 is 0.328. The van der Waals surface area contributed by atoms with Gasteiger partial charge in [0, 0.05) is 0 Å². The van der Waals surface area contributed by atoms with Crippen molar-refractivity contribution in [2.45, 2.75) is 55.9 Å². The molecule has 0 unspecified atom stereocenters. The number of piperidine rings is 1. The molecule has 4 nitrogen and oxygen atoms in total. The fourth-order valence-corrected chi connectivity index (χ4v) is 5.98. The first-order valence-corrected chi connectivity index (χ1v) is 10.4. The molecule has 1 aromatic carbocycles. The average Bonchev–Trinajstić information content (AvgIpc) is 2.96. The number of hydrogen-bond acceptors (Lipinski definition) is 3. The van der Waals surface area contributed by atoms with Crippen molar-refractivity contribution < 1.29 is 14.3 Å². The van der Waals surface area contributed by atoms with Crippen LogP contribution in [0.1, 0.15) is 39.0 Å². The Kier molecular flexibility index (Phi) is 5.08. The van der Waals surface area contributed by atoms with Crippen molar-refractivity contribution in [2.24, 2.45) is 0 Å². The van der Waals surface area contributed by atoms with Gasteiger partial charge in [-0.1, -0.05) is 0 Å². The van der Waals surface area contributed by atoms with Gasteiger partial charge in [0.25, 0.3) is 0 Å². The van der Waals surface area contributed by atoms with Crippen molar-refractivity contribution in [1.29, 1.82) is 0 Å². The fraction of sp³-hybridized carbons (Fsp3) is 0.556. The van der Waals surface area contributed by atoms with Crippen molar-refractivity contribution in [3.8, 4) is 0 Å². The topological polar surface area (TPSA) is 46.6 Å². The number of fused-ring (bicyclic) bond motifs is 1. The maximum atomic E-state index is 12.6. The Balaban J connectivity index is 1.75. The number of nitrogens with zero attached hydrogens (tertiary/aromatic N) is 1. The third-order valence-electron chi connectivity index (χ3n) is 4.81. The second kappa shape index (κ2) is 7.06. The van der Waals surface area contributed by atoms with E-state index in [0.29, 0.717) is 28.0 Å². The van der Waals surface area contributed by atoms with Gasteiger partial charge in [0.1, 0.15) is 0 Å². The Morgan fingerprint density at radius 1 is 1.35 bits per heavy atom. The molecule has 0 bridgehead atoms. The van der Waals surface area contributed by atoms with Crippen LogP contribution in [0.4, 0.5) is 0 Å². The molecule has 0 aromatic heterocycles. The molecule has 1 aromatic rings. The van der Waals surface area contributed by atoms with Gasteiger partial charge in [0.2, 0.25) is 0 Å². The molecule has 2 aliphatic heterocycles. The normalized spacial score (nSPS) is 26.9. The van der Waals surface area contributed by atoms with Crippen LogP contribution in [0.15, 0.2) is 30.3 Å². The summed E-state index contributed by atoms with van der Waals surface area (Å²) in [5.41, 5.74) is -0.678. The molecule has 2 saturated heterocycles. The standard InChI is InChI=1S/C18H23NO3Se/c1-2-22-17(21)18-11-6-9-16(20)19(18)14(10-12-18)13-23-15-7-4-3-5-8-15/h3-5,7-8,14H,2,6,9-13H2,1H3/t14-,18+/m1/s1. The van der Waals surface area contributed by atoms with E-state index in [1.165, 1.54) is 4.46 Å². The number of hydrogen-bond donors (Lipinski definition) is 0. The van der Waals surface area contributed by atoms with Crippen LogP contribution >= 0.6 is 0 Å². The number of carbonyl (C=O) groups is 2. The Hall–Kier alpha value is -1.32. The van der Waals surface area contributed by atoms with Crippen molar-refractivity contribution in [3.05, 3.63) is 30.3 Å². The molecule has 1 amide bonds. The van der Waals surface area contributed by atoms with Crippen LogP contribution in [0, 0.1) is 0 Å². The van der Waals surface area contributed by atoms with Crippen molar-refractivity contribution >= 4 is 31.3 Å². The molecule has 5 heteroatoms. The van der Waals surface area contributed by atoms with Gasteiger partial charge in [0.15, 0.2) is 0 Å². The minimum atomic E-state index is -0.678. The van der Waals surface area contributed by atoms with Gasteiger partial charge in [-0.3, -0.25) is 0 Å². The second-order valence-electron chi connectivity index (χ2n) is 6.19. The molecular formula is C18H23NO3Se. The Bertz CT molecular complexity index is 577. The Morgan fingerprint density at radius 3 is 2.87 bits per heavy atom. The number of ether oxygens (including phenoxy) is 1. The summed E-state index contributed by atoms with van der Waals surface area (Å²) < 4.78 is 6.66. The van der Waals surface area contributed by atoms with Crippen LogP contribution in [0.25, 0.3) is 0 Å². The molecule has 0 N–H and O–H groups in total. The fourth-order valence-electron chi connectivity index (χ4n) is 3.78. The van der Waals surface area contributed by atoms with Gasteiger partial charge in [-0.25, -0.2) is 0 Å². The molecule has 0 radical (unpaired) electrons. The summed E-state index contributed by atoms with van der Waals surface area (Å²) in [6, 6.07) is 10.6. The van der Waals surface area contributed by atoms with Crippen molar-refractivity contribution in [3.63, 3.8) is 0 Å². The summed E-state index contributed by atoms with van der Waals surface area (Å²) in [6.45, 7) is 2.20. The predicted molar refractivity (Wildman–Crippen MR) is 89.7 cm³/mol. The van der Waals surface area contributed by atoms with Gasteiger partial charge >= 0.3 is 143 Å². The van der Waals surface area contributed by atoms with E-state index < -0.39 is 5.54 Å². The van der Waals surface area contributed by atoms with E-state index in [-0.39, 0.29) is 17.9 Å².